The van der Waals surface area contributed by atoms with Crippen LogP contribution in [-0.2, 0) is 21.1 Å². The topological polar surface area (TPSA) is 64.4 Å². The van der Waals surface area contributed by atoms with Gasteiger partial charge < -0.3 is 14.2 Å². The molecule has 0 bridgehead atoms. The second-order valence-electron chi connectivity index (χ2n) is 6.63. The number of halogens is 1. The van der Waals surface area contributed by atoms with Crippen LogP contribution >= 0.6 is 0 Å². The van der Waals surface area contributed by atoms with Gasteiger partial charge in [0, 0.05) is 37.7 Å². The van der Waals surface area contributed by atoms with Crippen LogP contribution in [0.3, 0.4) is 0 Å². The molecule has 1 aliphatic heterocycles. The number of sulfone groups is 1. The SMILES string of the molecule is O=S(=O)(c1ccc(Cn2ccnc2)cc1)c1cc(F)cc(N2CCOCC2)c1. The average molecular weight is 401 g/mol. The summed E-state index contributed by atoms with van der Waals surface area (Å²) in [6.07, 6.45) is 5.23. The number of hydrogen-bond donors (Lipinski definition) is 0. The lowest BCUT2D eigenvalue weighted by atomic mass is 10.2. The summed E-state index contributed by atoms with van der Waals surface area (Å²) in [7, 11) is -3.82. The number of benzene rings is 2. The van der Waals surface area contributed by atoms with Crippen LogP contribution in [0.25, 0.3) is 0 Å². The van der Waals surface area contributed by atoms with Gasteiger partial charge in [-0.2, -0.15) is 0 Å². The predicted octanol–water partition coefficient (Wildman–Crippen LogP) is 2.74. The van der Waals surface area contributed by atoms with E-state index in [1.54, 1.807) is 36.8 Å². The molecule has 2 aromatic carbocycles. The van der Waals surface area contributed by atoms with Gasteiger partial charge in [-0.15, -0.1) is 0 Å². The van der Waals surface area contributed by atoms with Crippen LogP contribution in [0.1, 0.15) is 5.56 Å². The standard InChI is InChI=1S/C20H20FN3O3S/c21-17-11-18(24-7-9-27-10-8-24)13-20(12-17)28(25,26)19-3-1-16(2-4-19)14-23-6-5-22-15-23/h1-6,11-13,15H,7-10,14H2. The van der Waals surface area contributed by atoms with Gasteiger partial charge in [-0.25, -0.2) is 17.8 Å². The van der Waals surface area contributed by atoms with E-state index in [1.165, 1.54) is 12.1 Å². The number of rotatable bonds is 5. The molecule has 28 heavy (non-hydrogen) atoms. The lowest BCUT2D eigenvalue weighted by Gasteiger charge is -2.29. The Morgan fingerprint density at radius 1 is 1.04 bits per heavy atom. The smallest absolute Gasteiger partial charge is 0.206 e. The lowest BCUT2D eigenvalue weighted by Crippen LogP contribution is -2.36. The highest BCUT2D eigenvalue weighted by atomic mass is 32.2. The van der Waals surface area contributed by atoms with Crippen LogP contribution in [0.4, 0.5) is 10.1 Å². The van der Waals surface area contributed by atoms with Crippen molar-refractivity contribution in [3.8, 4) is 0 Å². The molecule has 8 heteroatoms. The molecule has 0 aliphatic carbocycles. The summed E-state index contributed by atoms with van der Waals surface area (Å²) in [6, 6.07) is 10.6. The first kappa shape index (κ1) is 18.6. The molecule has 6 nitrogen and oxygen atoms in total. The summed E-state index contributed by atoms with van der Waals surface area (Å²) in [6.45, 7) is 2.88. The molecule has 3 aromatic rings. The van der Waals surface area contributed by atoms with Crippen molar-refractivity contribution in [2.45, 2.75) is 16.3 Å². The fourth-order valence-electron chi connectivity index (χ4n) is 3.21. The number of anilines is 1. The molecule has 0 atom stereocenters. The Labute approximate surface area is 163 Å². The largest absolute Gasteiger partial charge is 0.378 e. The molecule has 1 saturated heterocycles. The van der Waals surface area contributed by atoms with Crippen LogP contribution < -0.4 is 4.90 Å². The maximum atomic E-state index is 14.2. The Balaban J connectivity index is 1.61. The van der Waals surface area contributed by atoms with Crippen molar-refractivity contribution >= 4 is 15.5 Å². The number of ether oxygens (including phenoxy) is 1. The lowest BCUT2D eigenvalue weighted by molar-refractivity contribution is 0.122. The molecule has 0 radical (unpaired) electrons. The molecular weight excluding hydrogens is 381 g/mol. The number of aromatic nitrogens is 2. The monoisotopic (exact) mass is 401 g/mol. The number of imidazole rings is 1. The van der Waals surface area contributed by atoms with E-state index in [4.69, 9.17) is 4.74 Å². The zero-order chi connectivity index (χ0) is 19.6. The van der Waals surface area contributed by atoms with Crippen LogP contribution in [0, 0.1) is 5.82 Å². The summed E-state index contributed by atoms with van der Waals surface area (Å²) < 4.78 is 47.4. The van der Waals surface area contributed by atoms with E-state index in [0.717, 1.165) is 11.6 Å². The molecule has 0 N–H and O–H groups in total. The minimum Gasteiger partial charge on any atom is -0.378 e. The molecule has 0 amide bonds. The predicted molar refractivity (Wildman–Crippen MR) is 103 cm³/mol. The van der Waals surface area contributed by atoms with Crippen LogP contribution in [0.15, 0.2) is 71.0 Å². The summed E-state index contributed by atoms with van der Waals surface area (Å²) in [4.78, 5) is 6.01. The third-order valence-electron chi connectivity index (χ3n) is 4.70. The molecule has 0 saturated carbocycles. The zero-order valence-corrected chi connectivity index (χ0v) is 16.0. The van der Waals surface area contributed by atoms with Crippen molar-refractivity contribution < 1.29 is 17.5 Å². The first-order valence-corrected chi connectivity index (χ1v) is 10.4. The Bertz CT molecular complexity index is 1040. The van der Waals surface area contributed by atoms with Gasteiger partial charge in [0.05, 0.1) is 29.3 Å². The third-order valence-corrected chi connectivity index (χ3v) is 6.45. The normalized spacial score (nSPS) is 15.0. The Morgan fingerprint density at radius 3 is 2.46 bits per heavy atom. The summed E-state index contributed by atoms with van der Waals surface area (Å²) >= 11 is 0. The van der Waals surface area contributed by atoms with Gasteiger partial charge in [-0.1, -0.05) is 12.1 Å². The third kappa shape index (κ3) is 3.93. The molecule has 0 spiro atoms. The molecule has 1 aromatic heterocycles. The van der Waals surface area contributed by atoms with Gasteiger partial charge in [0.15, 0.2) is 0 Å². The minimum atomic E-state index is -3.82. The fourth-order valence-corrected chi connectivity index (χ4v) is 4.52. The molecule has 1 fully saturated rings. The van der Waals surface area contributed by atoms with Gasteiger partial charge in [0.2, 0.25) is 9.84 Å². The van der Waals surface area contributed by atoms with Gasteiger partial charge >= 0.3 is 0 Å². The number of morpholine rings is 1. The van der Waals surface area contributed by atoms with Crippen LogP contribution in [-0.4, -0.2) is 44.3 Å². The van der Waals surface area contributed by atoms with E-state index >= 15 is 0 Å². The van der Waals surface area contributed by atoms with Gasteiger partial charge in [-0.3, -0.25) is 0 Å². The van der Waals surface area contributed by atoms with E-state index < -0.39 is 15.7 Å². The molecular formula is C20H20FN3O3S. The second kappa shape index (κ2) is 7.73. The van der Waals surface area contributed by atoms with E-state index in [9.17, 15) is 12.8 Å². The second-order valence-corrected chi connectivity index (χ2v) is 8.58. The highest BCUT2D eigenvalue weighted by Gasteiger charge is 2.21. The first-order valence-electron chi connectivity index (χ1n) is 8.95. The van der Waals surface area contributed by atoms with Crippen LogP contribution in [0.5, 0.6) is 0 Å². The van der Waals surface area contributed by atoms with E-state index in [1.807, 2.05) is 15.7 Å². The Kier molecular flexibility index (Phi) is 5.15. The van der Waals surface area contributed by atoms with Crippen molar-refractivity contribution in [2.75, 3.05) is 31.2 Å². The maximum absolute atomic E-state index is 14.2. The van der Waals surface area contributed by atoms with Crippen molar-refractivity contribution in [1.82, 2.24) is 9.55 Å². The number of nitrogens with zero attached hydrogens (tertiary/aromatic N) is 3. The van der Waals surface area contributed by atoms with Crippen molar-refractivity contribution in [2.24, 2.45) is 0 Å². The van der Waals surface area contributed by atoms with E-state index in [-0.39, 0.29) is 9.79 Å². The summed E-state index contributed by atoms with van der Waals surface area (Å²) in [5.41, 5.74) is 1.50. The fraction of sp³-hybridized carbons (Fsp3) is 0.250. The Morgan fingerprint density at radius 2 is 1.79 bits per heavy atom. The quantitative estimate of drug-likeness (QED) is 0.658. The van der Waals surface area contributed by atoms with Crippen LogP contribution in [0.2, 0.25) is 0 Å². The maximum Gasteiger partial charge on any atom is 0.206 e. The van der Waals surface area contributed by atoms with Gasteiger partial charge in [0.25, 0.3) is 0 Å². The van der Waals surface area contributed by atoms with Gasteiger partial charge in [-0.05, 0) is 35.9 Å². The van der Waals surface area contributed by atoms with Crippen molar-refractivity contribution in [3.63, 3.8) is 0 Å². The average Bonchev–Trinajstić information content (AvgIpc) is 3.22. The summed E-state index contributed by atoms with van der Waals surface area (Å²) in [5.74, 6) is -0.570. The Hall–Kier alpha value is -2.71. The van der Waals surface area contributed by atoms with E-state index in [2.05, 4.69) is 4.98 Å². The minimum absolute atomic E-state index is 0.0450. The molecule has 4 rings (SSSR count). The number of hydrogen-bond acceptors (Lipinski definition) is 5. The highest BCUT2D eigenvalue weighted by Crippen LogP contribution is 2.27. The van der Waals surface area contributed by atoms with E-state index in [0.29, 0.717) is 38.5 Å². The molecule has 146 valence electrons. The van der Waals surface area contributed by atoms with Crippen molar-refractivity contribution in [3.05, 3.63) is 72.6 Å². The van der Waals surface area contributed by atoms with Gasteiger partial charge in [0.1, 0.15) is 5.82 Å². The highest BCUT2D eigenvalue weighted by molar-refractivity contribution is 7.91. The first-order chi connectivity index (χ1) is 13.5. The summed E-state index contributed by atoms with van der Waals surface area (Å²) in [5, 5.41) is 0. The molecule has 0 unspecified atom stereocenters. The van der Waals surface area contributed by atoms with Crippen molar-refractivity contribution in [1.29, 1.82) is 0 Å². The zero-order valence-electron chi connectivity index (χ0n) is 15.2. The molecule has 1 aliphatic rings. The molecule has 2 heterocycles.